The van der Waals surface area contributed by atoms with E-state index in [4.69, 9.17) is 10.5 Å². The van der Waals surface area contributed by atoms with Crippen LogP contribution in [0, 0.1) is 12.8 Å². The second-order valence-electron chi connectivity index (χ2n) is 4.75. The molecule has 0 saturated heterocycles. The van der Waals surface area contributed by atoms with Gasteiger partial charge in [-0.2, -0.15) is 0 Å². The van der Waals surface area contributed by atoms with Gasteiger partial charge in [-0.25, -0.2) is 0 Å². The van der Waals surface area contributed by atoms with Gasteiger partial charge in [-0.15, -0.1) is 0 Å². The van der Waals surface area contributed by atoms with Gasteiger partial charge in [0, 0.05) is 0 Å². The Kier molecular flexibility index (Phi) is 2.81. The molecule has 2 heteroatoms. The molecule has 15 heavy (non-hydrogen) atoms. The van der Waals surface area contributed by atoms with E-state index < -0.39 is 0 Å². The number of benzene rings is 1. The normalized spacial score (nSPS) is 25.4. The molecule has 2 atom stereocenters. The molecule has 1 heterocycles. The highest BCUT2D eigenvalue weighted by molar-refractivity contribution is 5.35. The lowest BCUT2D eigenvalue weighted by atomic mass is 9.88. The van der Waals surface area contributed by atoms with Crippen LogP contribution in [0.15, 0.2) is 18.2 Å². The van der Waals surface area contributed by atoms with Crippen LogP contribution >= 0.6 is 0 Å². The van der Waals surface area contributed by atoms with Crippen LogP contribution in [-0.4, -0.2) is 6.10 Å². The van der Waals surface area contributed by atoms with Crippen molar-refractivity contribution >= 4 is 0 Å². The highest BCUT2D eigenvalue weighted by Gasteiger charge is 2.29. The number of nitrogens with two attached hydrogens (primary N) is 1. The molecule has 1 aliphatic rings. The number of aryl methyl sites for hydroxylation is 1. The van der Waals surface area contributed by atoms with Gasteiger partial charge in [0.15, 0.2) is 0 Å². The molecular formula is C13H19NO. The summed E-state index contributed by atoms with van der Waals surface area (Å²) in [5.41, 5.74) is 10.0. The molecule has 0 amide bonds. The van der Waals surface area contributed by atoms with Crippen LogP contribution in [0.2, 0.25) is 0 Å². The highest BCUT2D eigenvalue weighted by atomic mass is 16.5. The second-order valence-corrected chi connectivity index (χ2v) is 4.75. The topological polar surface area (TPSA) is 35.2 Å². The van der Waals surface area contributed by atoms with Gasteiger partial charge in [0.05, 0.1) is 18.8 Å². The monoisotopic (exact) mass is 205 g/mol. The fraction of sp³-hybridized carbons (Fsp3) is 0.538. The number of rotatable bonds is 1. The first kappa shape index (κ1) is 10.7. The molecule has 2 N–H and O–H groups in total. The summed E-state index contributed by atoms with van der Waals surface area (Å²) in [6.07, 6.45) is 0.152. The van der Waals surface area contributed by atoms with E-state index in [1.807, 2.05) is 0 Å². The standard InChI is InChI=1S/C13H19NO/c1-8(2)13-12(14)11-6-9(3)4-5-10(11)7-15-13/h4-6,8,12-13H,7,14H2,1-3H3/t12-,13-/m1/s1. The molecule has 0 unspecified atom stereocenters. The van der Waals surface area contributed by atoms with Crippen LogP contribution in [0.25, 0.3) is 0 Å². The third kappa shape index (κ3) is 1.92. The molecule has 0 spiro atoms. The van der Waals surface area contributed by atoms with Gasteiger partial charge in [-0.05, 0) is 24.0 Å². The van der Waals surface area contributed by atoms with Gasteiger partial charge in [-0.3, -0.25) is 0 Å². The Morgan fingerprint density at radius 2 is 2.13 bits per heavy atom. The average molecular weight is 205 g/mol. The predicted molar refractivity (Wildman–Crippen MR) is 61.5 cm³/mol. The minimum atomic E-state index is 0.0219. The Bertz CT molecular complexity index is 360. The average Bonchev–Trinajstić information content (AvgIpc) is 2.19. The summed E-state index contributed by atoms with van der Waals surface area (Å²) in [7, 11) is 0. The fourth-order valence-electron chi connectivity index (χ4n) is 2.23. The Morgan fingerprint density at radius 1 is 1.40 bits per heavy atom. The van der Waals surface area contributed by atoms with Crippen LogP contribution < -0.4 is 5.73 Å². The van der Waals surface area contributed by atoms with E-state index in [9.17, 15) is 0 Å². The minimum Gasteiger partial charge on any atom is -0.371 e. The lowest BCUT2D eigenvalue weighted by molar-refractivity contribution is -0.0195. The first-order valence-corrected chi connectivity index (χ1v) is 5.56. The molecule has 0 radical (unpaired) electrons. The number of fused-ring (bicyclic) bond motifs is 1. The van der Waals surface area contributed by atoms with Gasteiger partial charge in [0.1, 0.15) is 0 Å². The Morgan fingerprint density at radius 3 is 2.80 bits per heavy atom. The summed E-state index contributed by atoms with van der Waals surface area (Å²) in [5, 5.41) is 0. The van der Waals surface area contributed by atoms with E-state index in [-0.39, 0.29) is 12.1 Å². The van der Waals surface area contributed by atoms with E-state index >= 15 is 0 Å². The summed E-state index contributed by atoms with van der Waals surface area (Å²) in [5.74, 6) is 0.466. The maximum absolute atomic E-state index is 6.24. The van der Waals surface area contributed by atoms with Crippen molar-refractivity contribution in [3.05, 3.63) is 34.9 Å². The Balaban J connectivity index is 2.36. The first-order chi connectivity index (χ1) is 7.09. The number of hydrogen-bond acceptors (Lipinski definition) is 2. The molecule has 1 aromatic rings. The number of hydrogen-bond donors (Lipinski definition) is 1. The zero-order chi connectivity index (χ0) is 11.0. The van der Waals surface area contributed by atoms with Gasteiger partial charge >= 0.3 is 0 Å². The molecule has 0 aromatic heterocycles. The van der Waals surface area contributed by atoms with E-state index in [0.29, 0.717) is 12.5 Å². The van der Waals surface area contributed by atoms with E-state index in [0.717, 1.165) is 0 Å². The van der Waals surface area contributed by atoms with Crippen molar-refractivity contribution in [1.29, 1.82) is 0 Å². The maximum atomic E-state index is 6.24. The summed E-state index contributed by atoms with van der Waals surface area (Å²) in [4.78, 5) is 0. The summed E-state index contributed by atoms with van der Waals surface area (Å²) < 4.78 is 5.79. The molecular weight excluding hydrogens is 186 g/mol. The summed E-state index contributed by atoms with van der Waals surface area (Å²) in [6, 6.07) is 6.46. The Hall–Kier alpha value is -0.860. The zero-order valence-electron chi connectivity index (χ0n) is 9.66. The summed E-state index contributed by atoms with van der Waals surface area (Å²) >= 11 is 0. The van der Waals surface area contributed by atoms with E-state index in [1.165, 1.54) is 16.7 Å². The van der Waals surface area contributed by atoms with Crippen LogP contribution in [0.4, 0.5) is 0 Å². The van der Waals surface area contributed by atoms with Crippen molar-refractivity contribution in [2.45, 2.75) is 39.5 Å². The molecule has 0 bridgehead atoms. The molecule has 1 aliphatic heterocycles. The van der Waals surface area contributed by atoms with Crippen molar-refractivity contribution in [1.82, 2.24) is 0 Å². The fourth-order valence-corrected chi connectivity index (χ4v) is 2.23. The Labute approximate surface area is 91.4 Å². The van der Waals surface area contributed by atoms with E-state index in [2.05, 4.69) is 39.0 Å². The smallest absolute Gasteiger partial charge is 0.0795 e. The van der Waals surface area contributed by atoms with Crippen molar-refractivity contribution in [3.8, 4) is 0 Å². The van der Waals surface area contributed by atoms with Crippen LogP contribution in [0.1, 0.15) is 36.6 Å². The van der Waals surface area contributed by atoms with Crippen molar-refractivity contribution in [3.63, 3.8) is 0 Å². The first-order valence-electron chi connectivity index (χ1n) is 5.56. The summed E-state index contributed by atoms with van der Waals surface area (Å²) in [6.45, 7) is 7.12. The van der Waals surface area contributed by atoms with Gasteiger partial charge in [0.2, 0.25) is 0 Å². The third-order valence-electron chi connectivity index (χ3n) is 3.10. The molecule has 0 fully saturated rings. The van der Waals surface area contributed by atoms with Crippen LogP contribution in [0.5, 0.6) is 0 Å². The van der Waals surface area contributed by atoms with Crippen LogP contribution in [-0.2, 0) is 11.3 Å². The lowest BCUT2D eigenvalue weighted by Crippen LogP contribution is -2.37. The number of ether oxygens (including phenoxy) is 1. The van der Waals surface area contributed by atoms with Gasteiger partial charge in [0.25, 0.3) is 0 Å². The van der Waals surface area contributed by atoms with E-state index in [1.54, 1.807) is 0 Å². The zero-order valence-corrected chi connectivity index (χ0v) is 9.66. The van der Waals surface area contributed by atoms with Crippen molar-refractivity contribution in [2.24, 2.45) is 11.7 Å². The lowest BCUT2D eigenvalue weighted by Gasteiger charge is -2.34. The molecule has 2 nitrogen and oxygen atoms in total. The maximum Gasteiger partial charge on any atom is 0.0795 e. The molecule has 0 aliphatic carbocycles. The van der Waals surface area contributed by atoms with Gasteiger partial charge in [-0.1, -0.05) is 37.6 Å². The minimum absolute atomic E-state index is 0.0219. The molecule has 82 valence electrons. The highest BCUT2D eigenvalue weighted by Crippen LogP contribution is 2.31. The molecule has 1 aromatic carbocycles. The van der Waals surface area contributed by atoms with Crippen molar-refractivity contribution in [2.75, 3.05) is 0 Å². The van der Waals surface area contributed by atoms with Crippen molar-refractivity contribution < 1.29 is 4.74 Å². The second kappa shape index (κ2) is 3.95. The SMILES string of the molecule is Cc1ccc2c(c1)[C@@H](N)[C@@H](C(C)C)OC2. The van der Waals surface area contributed by atoms with Gasteiger partial charge < -0.3 is 10.5 Å². The largest absolute Gasteiger partial charge is 0.371 e. The predicted octanol–water partition coefficient (Wildman–Crippen LogP) is 2.55. The van der Waals surface area contributed by atoms with Crippen LogP contribution in [0.3, 0.4) is 0 Å². The quantitative estimate of drug-likeness (QED) is 0.764. The molecule has 2 rings (SSSR count). The molecule has 0 saturated carbocycles. The third-order valence-corrected chi connectivity index (χ3v) is 3.10.